The van der Waals surface area contributed by atoms with Crippen molar-refractivity contribution in [2.45, 2.75) is 20.8 Å². The van der Waals surface area contributed by atoms with Gasteiger partial charge in [0, 0.05) is 30.8 Å². The minimum Gasteiger partial charge on any atom is -0.143 e. The molecule has 5 heteroatoms. The van der Waals surface area contributed by atoms with Crippen LogP contribution in [-0.4, -0.2) is 0 Å². The van der Waals surface area contributed by atoms with Crippen LogP contribution in [0.25, 0.3) is 15.0 Å². The molecule has 0 bridgehead atoms. The minimum absolute atomic E-state index is 1.38. The van der Waals surface area contributed by atoms with Crippen molar-refractivity contribution < 1.29 is 0 Å². The van der Waals surface area contributed by atoms with Crippen LogP contribution in [0, 0.1) is 0 Å². The van der Waals surface area contributed by atoms with E-state index in [0.717, 1.165) is 0 Å². The van der Waals surface area contributed by atoms with E-state index < -0.39 is 0 Å². The highest BCUT2D eigenvalue weighted by Crippen LogP contribution is 2.62. The molecule has 0 saturated carbocycles. The van der Waals surface area contributed by atoms with E-state index in [1.807, 2.05) is 58.4 Å². The largest absolute Gasteiger partial charge is 0.143 e. The molecular weight excluding hydrogens is 365 g/mol. The molecule has 0 fully saturated rings. The normalized spacial score (nSPS) is 19.2. The Bertz CT molecular complexity index is 850. The average molecular weight is 379 g/mol. The van der Waals surface area contributed by atoms with Crippen LogP contribution in [0.2, 0.25) is 0 Å². The zero-order valence-corrected chi connectivity index (χ0v) is 16.5. The first-order valence-corrected chi connectivity index (χ1v) is 11.1. The second kappa shape index (κ2) is 6.02. The third kappa shape index (κ3) is 2.61. The summed E-state index contributed by atoms with van der Waals surface area (Å²) in [5.74, 6) is 0. The Morgan fingerprint density at radius 3 is 2.14 bits per heavy atom. The summed E-state index contributed by atoms with van der Waals surface area (Å²) in [6.45, 7) is 6.70. The topological polar surface area (TPSA) is 0 Å². The van der Waals surface area contributed by atoms with Crippen molar-refractivity contribution in [3.63, 3.8) is 0 Å². The van der Waals surface area contributed by atoms with Gasteiger partial charge in [0.2, 0.25) is 0 Å². The number of hydrogen-bond donors (Lipinski definition) is 0. The summed E-state index contributed by atoms with van der Waals surface area (Å²) in [7, 11) is 0. The fourth-order valence-corrected chi connectivity index (χ4v) is 8.88. The van der Waals surface area contributed by atoms with Gasteiger partial charge in [-0.15, -0.1) is 11.3 Å². The molecule has 0 amide bonds. The van der Waals surface area contributed by atoms with Gasteiger partial charge in [0.15, 0.2) is 0 Å². The number of thioether (sulfide) groups is 4. The van der Waals surface area contributed by atoms with E-state index in [4.69, 9.17) is 0 Å². The molecule has 0 atom stereocenters. The Morgan fingerprint density at radius 2 is 1.36 bits per heavy atom. The Kier molecular flexibility index (Phi) is 4.20. The Hall–Kier alpha value is -0.200. The lowest BCUT2D eigenvalue weighted by molar-refractivity contribution is 1.57. The standard InChI is InChI=1S/C17H14S5/c1-9-10(2)20-16(19-9)17-21-11(3)15(22-17)13-8-18-14-7-5-4-6-12(13)14/h4-8H,1-3H3. The first kappa shape index (κ1) is 15.3. The van der Waals surface area contributed by atoms with Gasteiger partial charge >= 0.3 is 0 Å². The van der Waals surface area contributed by atoms with E-state index in [-0.39, 0.29) is 0 Å². The molecule has 0 N–H and O–H groups in total. The Labute approximate surface area is 151 Å². The second-order valence-electron chi connectivity index (χ2n) is 5.13. The molecule has 3 heterocycles. The van der Waals surface area contributed by atoms with Crippen LogP contribution in [0.15, 0.2) is 52.8 Å². The van der Waals surface area contributed by atoms with Crippen molar-refractivity contribution >= 4 is 73.4 Å². The first-order valence-electron chi connectivity index (χ1n) is 6.94. The average Bonchev–Trinajstić information content (AvgIpc) is 3.17. The summed E-state index contributed by atoms with van der Waals surface area (Å²) in [4.78, 5) is 5.76. The van der Waals surface area contributed by atoms with Crippen molar-refractivity contribution in [1.82, 2.24) is 0 Å². The maximum atomic E-state index is 2.31. The lowest BCUT2D eigenvalue weighted by atomic mass is 10.1. The van der Waals surface area contributed by atoms with Gasteiger partial charge in [-0.2, -0.15) is 0 Å². The lowest BCUT2D eigenvalue weighted by Crippen LogP contribution is -1.76. The van der Waals surface area contributed by atoms with Gasteiger partial charge in [-0.05, 0) is 36.6 Å². The zero-order valence-electron chi connectivity index (χ0n) is 12.4. The zero-order chi connectivity index (χ0) is 15.3. The Morgan fingerprint density at radius 1 is 0.727 bits per heavy atom. The predicted molar refractivity (Wildman–Crippen MR) is 110 cm³/mol. The monoisotopic (exact) mass is 378 g/mol. The predicted octanol–water partition coefficient (Wildman–Crippen LogP) is 7.93. The smallest absolute Gasteiger partial charge is 0.0703 e. The molecule has 4 rings (SSSR count). The lowest BCUT2D eigenvalue weighted by Gasteiger charge is -2.03. The highest BCUT2D eigenvalue weighted by Gasteiger charge is 2.27. The number of rotatable bonds is 1. The second-order valence-corrected chi connectivity index (χ2v) is 11.2. The molecule has 0 aliphatic carbocycles. The van der Waals surface area contributed by atoms with Gasteiger partial charge in [0.05, 0.1) is 8.47 Å². The molecule has 1 aromatic carbocycles. The summed E-state index contributed by atoms with van der Waals surface area (Å²) < 4.78 is 4.29. The first-order chi connectivity index (χ1) is 10.6. The SMILES string of the molecule is CC1=C(C)SC(=C2SC(C)=C(c3csc4ccccc34)S2)S1. The van der Waals surface area contributed by atoms with E-state index >= 15 is 0 Å². The molecular formula is C17H14S5. The summed E-state index contributed by atoms with van der Waals surface area (Å²) in [6.07, 6.45) is 0. The molecule has 112 valence electrons. The van der Waals surface area contributed by atoms with Gasteiger partial charge in [0.25, 0.3) is 0 Å². The van der Waals surface area contributed by atoms with Crippen LogP contribution in [0.5, 0.6) is 0 Å². The molecule has 2 aromatic rings. The van der Waals surface area contributed by atoms with E-state index in [2.05, 4.69) is 50.4 Å². The quantitative estimate of drug-likeness (QED) is 0.494. The van der Waals surface area contributed by atoms with Gasteiger partial charge in [0.1, 0.15) is 0 Å². The van der Waals surface area contributed by atoms with Gasteiger partial charge in [-0.3, -0.25) is 0 Å². The fraction of sp³-hybridized carbons (Fsp3) is 0.176. The summed E-state index contributed by atoms with van der Waals surface area (Å²) >= 11 is 9.60. The van der Waals surface area contributed by atoms with Crippen molar-refractivity contribution in [3.8, 4) is 0 Å². The van der Waals surface area contributed by atoms with E-state index in [1.54, 1.807) is 0 Å². The summed E-state index contributed by atoms with van der Waals surface area (Å²) in [5, 5.41) is 3.70. The molecule has 0 unspecified atom stereocenters. The molecule has 2 aliphatic heterocycles. The Balaban J connectivity index is 1.70. The fourth-order valence-electron chi connectivity index (χ4n) is 2.38. The van der Waals surface area contributed by atoms with Crippen molar-refractivity contribution in [2.24, 2.45) is 0 Å². The molecule has 0 spiro atoms. The molecule has 22 heavy (non-hydrogen) atoms. The van der Waals surface area contributed by atoms with Crippen LogP contribution in [0.3, 0.4) is 0 Å². The molecule has 1 aromatic heterocycles. The highest BCUT2D eigenvalue weighted by atomic mass is 32.2. The van der Waals surface area contributed by atoms with E-state index in [9.17, 15) is 0 Å². The molecule has 0 nitrogen and oxygen atoms in total. The van der Waals surface area contributed by atoms with E-state index in [1.165, 1.54) is 43.7 Å². The number of fused-ring (bicyclic) bond motifs is 1. The van der Waals surface area contributed by atoms with Crippen LogP contribution in [0.1, 0.15) is 26.3 Å². The number of allylic oxidation sites excluding steroid dienone is 3. The summed E-state index contributed by atoms with van der Waals surface area (Å²) in [5.41, 5.74) is 1.40. The van der Waals surface area contributed by atoms with Crippen molar-refractivity contribution in [2.75, 3.05) is 0 Å². The number of benzene rings is 1. The van der Waals surface area contributed by atoms with Crippen LogP contribution in [-0.2, 0) is 0 Å². The van der Waals surface area contributed by atoms with Crippen LogP contribution in [0.4, 0.5) is 0 Å². The maximum Gasteiger partial charge on any atom is 0.0703 e. The third-order valence-electron chi connectivity index (χ3n) is 3.64. The van der Waals surface area contributed by atoms with E-state index in [0.29, 0.717) is 0 Å². The minimum atomic E-state index is 1.38. The molecule has 2 aliphatic rings. The highest BCUT2D eigenvalue weighted by molar-refractivity contribution is 8.35. The van der Waals surface area contributed by atoms with Crippen LogP contribution >= 0.6 is 58.4 Å². The van der Waals surface area contributed by atoms with Gasteiger partial charge in [-0.25, -0.2) is 0 Å². The summed E-state index contributed by atoms with van der Waals surface area (Å²) in [6, 6.07) is 8.72. The van der Waals surface area contributed by atoms with Gasteiger partial charge in [-0.1, -0.05) is 65.2 Å². The molecule has 0 saturated heterocycles. The number of hydrogen-bond acceptors (Lipinski definition) is 5. The van der Waals surface area contributed by atoms with Crippen molar-refractivity contribution in [3.05, 3.63) is 58.4 Å². The van der Waals surface area contributed by atoms with Gasteiger partial charge < -0.3 is 0 Å². The number of thiophene rings is 1. The van der Waals surface area contributed by atoms with Crippen LogP contribution < -0.4 is 0 Å². The molecule has 0 radical (unpaired) electrons. The maximum absolute atomic E-state index is 2.31. The van der Waals surface area contributed by atoms with Crippen molar-refractivity contribution in [1.29, 1.82) is 0 Å². The third-order valence-corrected chi connectivity index (χ3v) is 10.4.